The quantitative estimate of drug-likeness (QED) is 0.705. The first-order valence-corrected chi connectivity index (χ1v) is 6.66. The molecule has 0 aromatic carbocycles. The number of carbonyl (C=O) groups excluding carboxylic acids is 2. The molecule has 0 bridgehead atoms. The van der Waals surface area contributed by atoms with E-state index in [1.165, 1.54) is 30.2 Å². The summed E-state index contributed by atoms with van der Waals surface area (Å²) in [5, 5.41) is 0. The Kier molecular flexibility index (Phi) is 3.65. The Morgan fingerprint density at radius 1 is 1.18 bits per heavy atom. The van der Waals surface area contributed by atoms with Crippen LogP contribution >= 0.6 is 0 Å². The molecule has 1 saturated carbocycles. The second-order valence-electron chi connectivity index (χ2n) is 5.38. The van der Waals surface area contributed by atoms with Gasteiger partial charge in [-0.2, -0.15) is 0 Å². The van der Waals surface area contributed by atoms with Crippen LogP contribution in [0.3, 0.4) is 0 Å². The van der Waals surface area contributed by atoms with Gasteiger partial charge in [-0.25, -0.2) is 0 Å². The Bertz CT molecular complexity index is 351. The molecule has 1 fully saturated rings. The van der Waals surface area contributed by atoms with Crippen molar-refractivity contribution >= 4 is 11.8 Å². The number of carbonyl (C=O) groups is 2. The van der Waals surface area contributed by atoms with E-state index in [9.17, 15) is 9.59 Å². The van der Waals surface area contributed by atoms with Gasteiger partial charge in [0, 0.05) is 18.2 Å². The smallest absolute Gasteiger partial charge is 0.256 e. The molecule has 2 rings (SSSR count). The number of hydrogen-bond acceptors (Lipinski definition) is 2. The molecule has 0 N–H and O–H groups in total. The van der Waals surface area contributed by atoms with Crippen LogP contribution in [0, 0.1) is 11.8 Å². The van der Waals surface area contributed by atoms with Crippen LogP contribution in [0.2, 0.25) is 0 Å². The summed E-state index contributed by atoms with van der Waals surface area (Å²) in [6.45, 7) is 4.59. The third-order valence-electron chi connectivity index (χ3n) is 4.17. The zero-order chi connectivity index (χ0) is 12.4. The second-order valence-corrected chi connectivity index (χ2v) is 5.38. The first kappa shape index (κ1) is 12.3. The highest BCUT2D eigenvalue weighted by molar-refractivity contribution is 6.15. The Hall–Kier alpha value is -1.12. The van der Waals surface area contributed by atoms with E-state index in [0.717, 1.165) is 18.8 Å². The van der Waals surface area contributed by atoms with E-state index >= 15 is 0 Å². The number of amides is 2. The van der Waals surface area contributed by atoms with E-state index in [1.807, 2.05) is 0 Å². The average Bonchev–Trinajstić information content (AvgIpc) is 2.57. The number of hydrogen-bond donors (Lipinski definition) is 0. The number of rotatable bonds is 3. The maximum Gasteiger partial charge on any atom is 0.256 e. The zero-order valence-corrected chi connectivity index (χ0v) is 10.7. The lowest BCUT2D eigenvalue weighted by Gasteiger charge is -2.30. The van der Waals surface area contributed by atoms with Crippen molar-refractivity contribution in [1.29, 1.82) is 0 Å². The summed E-state index contributed by atoms with van der Waals surface area (Å²) in [5.74, 6) is 1.17. The van der Waals surface area contributed by atoms with Crippen LogP contribution < -0.4 is 0 Å². The van der Waals surface area contributed by atoms with Crippen LogP contribution in [0.15, 0.2) is 11.6 Å². The van der Waals surface area contributed by atoms with E-state index in [2.05, 4.69) is 6.92 Å². The molecule has 1 heterocycles. The van der Waals surface area contributed by atoms with Gasteiger partial charge in [-0.3, -0.25) is 14.5 Å². The largest absolute Gasteiger partial charge is 0.275 e. The van der Waals surface area contributed by atoms with E-state index in [0.29, 0.717) is 18.0 Å². The molecule has 0 spiro atoms. The van der Waals surface area contributed by atoms with Crippen LogP contribution in [0.1, 0.15) is 46.0 Å². The van der Waals surface area contributed by atoms with Crippen molar-refractivity contribution in [2.75, 3.05) is 6.54 Å². The molecule has 3 heteroatoms. The monoisotopic (exact) mass is 235 g/mol. The van der Waals surface area contributed by atoms with Crippen molar-refractivity contribution in [3.8, 4) is 0 Å². The third-order valence-corrected chi connectivity index (χ3v) is 4.17. The van der Waals surface area contributed by atoms with Gasteiger partial charge in [0.05, 0.1) is 0 Å². The van der Waals surface area contributed by atoms with Gasteiger partial charge in [-0.15, -0.1) is 0 Å². The molecule has 1 aliphatic heterocycles. The molecule has 0 unspecified atom stereocenters. The van der Waals surface area contributed by atoms with Gasteiger partial charge in [0.1, 0.15) is 0 Å². The van der Waals surface area contributed by atoms with Crippen LogP contribution in [0.4, 0.5) is 0 Å². The minimum Gasteiger partial charge on any atom is -0.275 e. The lowest BCUT2D eigenvalue weighted by atomic mass is 9.80. The van der Waals surface area contributed by atoms with Gasteiger partial charge < -0.3 is 0 Å². The predicted octanol–water partition coefficient (Wildman–Crippen LogP) is 2.52. The van der Waals surface area contributed by atoms with E-state index in [1.54, 1.807) is 6.92 Å². The average molecular weight is 235 g/mol. The van der Waals surface area contributed by atoms with Crippen LogP contribution in [-0.4, -0.2) is 23.3 Å². The Balaban J connectivity index is 1.87. The number of imide groups is 1. The molecule has 0 aromatic heterocycles. The maximum absolute atomic E-state index is 11.7. The second kappa shape index (κ2) is 5.03. The van der Waals surface area contributed by atoms with E-state index in [-0.39, 0.29) is 11.8 Å². The molecule has 3 nitrogen and oxygen atoms in total. The summed E-state index contributed by atoms with van der Waals surface area (Å²) in [4.78, 5) is 24.8. The van der Waals surface area contributed by atoms with Crippen molar-refractivity contribution in [2.45, 2.75) is 46.0 Å². The number of nitrogens with zero attached hydrogens (tertiary/aromatic N) is 1. The fourth-order valence-corrected chi connectivity index (χ4v) is 2.89. The van der Waals surface area contributed by atoms with Crippen molar-refractivity contribution in [2.24, 2.45) is 11.8 Å². The van der Waals surface area contributed by atoms with Gasteiger partial charge in [-0.1, -0.05) is 26.2 Å². The summed E-state index contributed by atoms with van der Waals surface area (Å²) >= 11 is 0. The van der Waals surface area contributed by atoms with Crippen molar-refractivity contribution in [3.05, 3.63) is 11.6 Å². The molecule has 0 saturated heterocycles. The predicted molar refractivity (Wildman–Crippen MR) is 66.2 cm³/mol. The Morgan fingerprint density at radius 3 is 2.24 bits per heavy atom. The van der Waals surface area contributed by atoms with Crippen LogP contribution in [-0.2, 0) is 9.59 Å². The van der Waals surface area contributed by atoms with Crippen molar-refractivity contribution in [1.82, 2.24) is 4.90 Å². The molecule has 2 amide bonds. The van der Waals surface area contributed by atoms with Gasteiger partial charge in [0.15, 0.2) is 0 Å². The highest BCUT2D eigenvalue weighted by Crippen LogP contribution is 2.31. The topological polar surface area (TPSA) is 37.4 Å². The van der Waals surface area contributed by atoms with Crippen LogP contribution in [0.5, 0.6) is 0 Å². The summed E-state index contributed by atoms with van der Waals surface area (Å²) < 4.78 is 0. The molecule has 17 heavy (non-hydrogen) atoms. The molecule has 0 atom stereocenters. The van der Waals surface area contributed by atoms with Crippen LogP contribution in [0.25, 0.3) is 0 Å². The molecule has 2 aliphatic rings. The highest BCUT2D eigenvalue weighted by Gasteiger charge is 2.31. The highest BCUT2D eigenvalue weighted by atomic mass is 16.2. The molecular weight excluding hydrogens is 214 g/mol. The SMILES string of the molecule is CCC1CCC(CN2C(=O)C=C(C)C2=O)CC1. The molecule has 0 aromatic rings. The van der Waals surface area contributed by atoms with Gasteiger partial charge in [0.25, 0.3) is 11.8 Å². The lowest BCUT2D eigenvalue weighted by molar-refractivity contribution is -0.138. The lowest BCUT2D eigenvalue weighted by Crippen LogP contribution is -2.36. The maximum atomic E-state index is 11.7. The zero-order valence-electron chi connectivity index (χ0n) is 10.7. The summed E-state index contributed by atoms with van der Waals surface area (Å²) in [5.41, 5.74) is 0.581. The summed E-state index contributed by atoms with van der Waals surface area (Å²) in [7, 11) is 0. The fourth-order valence-electron chi connectivity index (χ4n) is 2.89. The Morgan fingerprint density at radius 2 is 1.76 bits per heavy atom. The third kappa shape index (κ3) is 2.59. The summed E-state index contributed by atoms with van der Waals surface area (Å²) in [6, 6.07) is 0. The first-order valence-electron chi connectivity index (χ1n) is 6.66. The first-order chi connectivity index (χ1) is 8.11. The minimum atomic E-state index is -0.120. The fraction of sp³-hybridized carbons (Fsp3) is 0.714. The van der Waals surface area contributed by atoms with E-state index in [4.69, 9.17) is 0 Å². The molecular formula is C14H21NO2. The van der Waals surface area contributed by atoms with Crippen molar-refractivity contribution < 1.29 is 9.59 Å². The summed E-state index contributed by atoms with van der Waals surface area (Å²) in [6.07, 6.45) is 7.55. The van der Waals surface area contributed by atoms with Gasteiger partial charge in [0.2, 0.25) is 0 Å². The molecule has 1 aliphatic carbocycles. The molecule has 94 valence electrons. The van der Waals surface area contributed by atoms with Crippen molar-refractivity contribution in [3.63, 3.8) is 0 Å². The van der Waals surface area contributed by atoms with E-state index < -0.39 is 0 Å². The Labute approximate surface area is 103 Å². The molecule has 0 radical (unpaired) electrons. The normalized spacial score (nSPS) is 29.8. The van der Waals surface area contributed by atoms with Gasteiger partial charge in [-0.05, 0) is 31.6 Å². The van der Waals surface area contributed by atoms with Gasteiger partial charge >= 0.3 is 0 Å². The standard InChI is InChI=1S/C14H21NO2/c1-3-11-4-6-12(7-5-11)9-15-13(16)8-10(2)14(15)17/h8,11-12H,3-7,9H2,1-2H3. The minimum absolute atomic E-state index is 0.0902.